The fraction of sp³-hybridized carbons (Fsp3) is 0.667. The summed E-state index contributed by atoms with van der Waals surface area (Å²) in [5.41, 5.74) is 3.70. The Bertz CT molecular complexity index is 1180. The van der Waals surface area contributed by atoms with Gasteiger partial charge in [0.2, 0.25) is 0 Å². The maximum Gasteiger partial charge on any atom is 0.433 e. The molecule has 45 heavy (non-hydrogen) atoms. The summed E-state index contributed by atoms with van der Waals surface area (Å²) in [6.07, 6.45) is 13.4. The van der Waals surface area contributed by atoms with Crippen molar-refractivity contribution in [1.29, 1.82) is 0 Å². The highest BCUT2D eigenvalue weighted by Crippen LogP contribution is 2.53. The summed E-state index contributed by atoms with van der Waals surface area (Å²) in [5, 5.41) is 20.2. The number of halogens is 1. The largest absolute Gasteiger partial charge is 0.481 e. The normalized spacial score (nSPS) is 14.0. The van der Waals surface area contributed by atoms with Crippen molar-refractivity contribution >= 4 is 31.2 Å². The minimum atomic E-state index is -3.93. The van der Waals surface area contributed by atoms with Crippen LogP contribution in [0.5, 0.6) is 0 Å². The Labute approximate surface area is 274 Å². The molecule has 0 spiro atoms. The van der Waals surface area contributed by atoms with E-state index in [0.717, 1.165) is 38.5 Å². The smallest absolute Gasteiger partial charge is 0.433 e. The number of carbonyl (C=O) groups is 1. The first-order valence-corrected chi connectivity index (χ1v) is 17.8. The van der Waals surface area contributed by atoms with Gasteiger partial charge in [0.1, 0.15) is 17.3 Å². The molecule has 0 bridgehead atoms. The van der Waals surface area contributed by atoms with Gasteiger partial charge in [0.05, 0.1) is 12.7 Å². The average molecular weight is 673 g/mol. The maximum atomic E-state index is 14.4. The van der Waals surface area contributed by atoms with Gasteiger partial charge in [0, 0.05) is 25.4 Å². The number of hydrogen-bond donors (Lipinski definition) is 1. The summed E-state index contributed by atoms with van der Waals surface area (Å²) in [6.45, 7) is 13.2. The topological polar surface area (TPSA) is 132 Å². The molecule has 1 rings (SSSR count). The van der Waals surface area contributed by atoms with Gasteiger partial charge in [-0.05, 0) is 83.6 Å². The number of aliphatic carboxylic acids is 1. The van der Waals surface area contributed by atoms with Gasteiger partial charge in [-0.2, -0.15) is 0 Å². The average Bonchev–Trinajstić information content (AvgIpc) is 3.43. The molecule has 1 unspecified atom stereocenters. The van der Waals surface area contributed by atoms with Gasteiger partial charge in [-0.15, -0.1) is 11.6 Å². The van der Waals surface area contributed by atoms with Crippen LogP contribution >= 0.6 is 19.3 Å². The number of hydrogen-bond acceptors (Lipinski definition) is 7. The Morgan fingerprint density at radius 1 is 1.00 bits per heavy atom. The van der Waals surface area contributed by atoms with Crippen molar-refractivity contribution in [3.8, 4) is 0 Å². The van der Waals surface area contributed by atoms with E-state index < -0.39 is 24.5 Å². The molecule has 0 fully saturated rings. The van der Waals surface area contributed by atoms with Gasteiger partial charge in [0.15, 0.2) is 0 Å². The van der Waals surface area contributed by atoms with Crippen LogP contribution in [0.1, 0.15) is 112 Å². The van der Waals surface area contributed by atoms with Crippen molar-refractivity contribution in [3.05, 3.63) is 63.0 Å². The van der Waals surface area contributed by atoms with Crippen LogP contribution < -0.4 is 0 Å². The highest BCUT2D eigenvalue weighted by atomic mass is 35.5. The summed E-state index contributed by atoms with van der Waals surface area (Å²) in [5.74, 6) is -0.659. The number of alkyl halides is 1. The predicted molar refractivity (Wildman–Crippen MR) is 181 cm³/mol. The summed E-state index contributed by atoms with van der Waals surface area (Å²) in [6, 6.07) is 2.63. The third-order valence-electron chi connectivity index (χ3n) is 7.18. The van der Waals surface area contributed by atoms with Crippen molar-refractivity contribution in [2.75, 3.05) is 25.6 Å². The van der Waals surface area contributed by atoms with E-state index in [0.29, 0.717) is 38.2 Å². The minimum Gasteiger partial charge on any atom is -0.481 e. The molecule has 0 saturated heterocycles. The number of allylic oxidation sites excluding steroid dienone is 5. The van der Waals surface area contributed by atoms with Crippen molar-refractivity contribution in [3.63, 3.8) is 0 Å². The summed E-state index contributed by atoms with van der Waals surface area (Å²) in [7, 11) is -3.93. The zero-order valence-corrected chi connectivity index (χ0v) is 29.7. The van der Waals surface area contributed by atoms with Crippen molar-refractivity contribution in [1.82, 2.24) is 4.67 Å². The van der Waals surface area contributed by atoms with E-state index in [2.05, 4.69) is 53.7 Å². The molecule has 0 radical (unpaired) electrons. The molecule has 1 aromatic heterocycles. The van der Waals surface area contributed by atoms with Crippen molar-refractivity contribution < 1.29 is 32.9 Å². The van der Waals surface area contributed by atoms with Crippen LogP contribution in [0, 0.1) is 15.5 Å². The fourth-order valence-electron chi connectivity index (χ4n) is 4.56. The van der Waals surface area contributed by atoms with Gasteiger partial charge in [-0.25, -0.2) is 9.24 Å². The quantitative estimate of drug-likeness (QED) is 0.0284. The zero-order valence-electron chi connectivity index (χ0n) is 28.0. The van der Waals surface area contributed by atoms with Gasteiger partial charge in [-0.3, -0.25) is 24.0 Å². The van der Waals surface area contributed by atoms with E-state index >= 15 is 0 Å². The highest BCUT2D eigenvalue weighted by Gasteiger charge is 2.34. The standard InChI is InChI=1S/C33H54ClN2O8P/c1-27(2)14-12-15-28(3)16-13-17-29(33(4,5)6)21-25-42-45(41,43-26-30-19-20-31(44-30)36(39)40)35(23-10-7-9-22-34)24-11-8-18-32(37)38/h14,16,19-21H,7-13,15,17-18,22-26H2,1-6H3,(H,37,38)/b28-16+,29-21-. The highest BCUT2D eigenvalue weighted by molar-refractivity contribution is 7.51. The van der Waals surface area contributed by atoms with Crippen LogP contribution in [0.4, 0.5) is 5.88 Å². The third kappa shape index (κ3) is 17.9. The summed E-state index contributed by atoms with van der Waals surface area (Å²) in [4.78, 5) is 21.5. The molecule has 0 aromatic carbocycles. The van der Waals surface area contributed by atoms with E-state index in [9.17, 15) is 19.5 Å². The molecule has 0 aliphatic rings. The molecule has 1 heterocycles. The zero-order chi connectivity index (χ0) is 33.9. The molecule has 0 amide bonds. The third-order valence-corrected chi connectivity index (χ3v) is 9.47. The molecule has 10 nitrogen and oxygen atoms in total. The van der Waals surface area contributed by atoms with Crippen molar-refractivity contribution in [2.45, 2.75) is 112 Å². The maximum absolute atomic E-state index is 14.4. The number of nitrogens with zero attached hydrogens (tertiary/aromatic N) is 2. The SMILES string of the molecule is CC(C)=CCC/C(C)=C/CC/C(=C/COP(=O)(OCc1ccc([N+](=O)[O-])o1)N(CCCCCCl)CCCCC(=O)O)C(C)(C)C. The van der Waals surface area contributed by atoms with Crippen molar-refractivity contribution in [2.24, 2.45) is 5.41 Å². The lowest BCUT2D eigenvalue weighted by molar-refractivity contribution is -0.402. The van der Waals surface area contributed by atoms with Crippen LogP contribution in [-0.2, 0) is 25.0 Å². The monoisotopic (exact) mass is 672 g/mol. The van der Waals surface area contributed by atoms with Crippen LogP contribution in [0.3, 0.4) is 0 Å². The Morgan fingerprint density at radius 2 is 1.67 bits per heavy atom. The molecule has 12 heteroatoms. The first-order valence-electron chi connectivity index (χ1n) is 15.8. The van der Waals surface area contributed by atoms with Gasteiger partial charge >= 0.3 is 19.6 Å². The Hall–Kier alpha value is -2.23. The molecule has 0 aliphatic carbocycles. The number of rotatable bonds is 24. The van der Waals surface area contributed by atoms with Crippen LogP contribution in [0.15, 0.2) is 51.5 Å². The van der Waals surface area contributed by atoms with E-state index in [4.69, 9.17) is 30.2 Å². The molecular weight excluding hydrogens is 619 g/mol. The van der Waals surface area contributed by atoms with E-state index in [-0.39, 0.29) is 30.8 Å². The number of carboxylic acid groups (broad SMARTS) is 1. The molecule has 0 aliphatic heterocycles. The second-order valence-corrected chi connectivity index (χ2v) is 14.9. The first kappa shape index (κ1) is 40.8. The molecule has 0 saturated carbocycles. The van der Waals surface area contributed by atoms with Crippen LogP contribution in [0.25, 0.3) is 0 Å². The Kier molecular flexibility index (Phi) is 19.5. The van der Waals surface area contributed by atoms with Gasteiger partial charge < -0.3 is 9.52 Å². The number of furan rings is 1. The number of unbranched alkanes of at least 4 members (excludes halogenated alkanes) is 3. The van der Waals surface area contributed by atoms with Crippen LogP contribution in [0.2, 0.25) is 0 Å². The molecule has 1 N–H and O–H groups in total. The van der Waals surface area contributed by atoms with E-state index in [1.54, 1.807) is 4.67 Å². The second-order valence-electron chi connectivity index (χ2n) is 12.5. The molecule has 1 atom stereocenters. The molecule has 256 valence electrons. The van der Waals surface area contributed by atoms with Crippen LogP contribution in [-0.4, -0.2) is 46.2 Å². The fourth-order valence-corrected chi connectivity index (χ4v) is 6.48. The lowest BCUT2D eigenvalue weighted by Crippen LogP contribution is -2.26. The predicted octanol–water partition coefficient (Wildman–Crippen LogP) is 10.2. The lowest BCUT2D eigenvalue weighted by Gasteiger charge is -2.30. The first-order chi connectivity index (χ1) is 21.2. The Balaban J connectivity index is 3.16. The number of nitro groups is 1. The summed E-state index contributed by atoms with van der Waals surface area (Å²) >= 11 is 5.86. The van der Waals surface area contributed by atoms with Gasteiger partial charge in [0.25, 0.3) is 0 Å². The minimum absolute atomic E-state index is 0.00269. The van der Waals surface area contributed by atoms with E-state index in [1.807, 2.05) is 6.08 Å². The molecule has 1 aromatic rings. The lowest BCUT2D eigenvalue weighted by atomic mass is 9.83. The van der Waals surface area contributed by atoms with Gasteiger partial charge in [-0.1, -0.05) is 62.1 Å². The second kappa shape index (κ2) is 21.5. The summed E-state index contributed by atoms with van der Waals surface area (Å²) < 4.78 is 33.3. The Morgan fingerprint density at radius 3 is 2.24 bits per heavy atom. The molecular formula is C33H54ClN2O8P. The van der Waals surface area contributed by atoms with E-state index in [1.165, 1.54) is 28.9 Å². The number of carboxylic acids is 1.